The van der Waals surface area contributed by atoms with Gasteiger partial charge < -0.3 is 9.63 Å². The van der Waals surface area contributed by atoms with Crippen LogP contribution in [0.25, 0.3) is 0 Å². The predicted octanol–water partition coefficient (Wildman–Crippen LogP) is 1.28. The van der Waals surface area contributed by atoms with Crippen molar-refractivity contribution in [3.8, 4) is 11.8 Å². The lowest BCUT2D eigenvalue weighted by Gasteiger charge is -2.01. The molecule has 2 N–H and O–H groups in total. The molecule has 6 heteroatoms. The quantitative estimate of drug-likeness (QED) is 0.803. The zero-order valence-corrected chi connectivity index (χ0v) is 11.1. The molecule has 2 heterocycles. The number of pyridine rings is 1. The van der Waals surface area contributed by atoms with Crippen LogP contribution in [0, 0.1) is 25.7 Å². The molecule has 2 aromatic heterocycles. The van der Waals surface area contributed by atoms with Crippen molar-refractivity contribution in [2.45, 2.75) is 13.8 Å². The standard InChI is InChI=1S/C14H13N3O3/c1-9-10(2)17-20-14(9)16-13(19)12-6-5-11(8-15-12)4-3-7-18/h5-6,8,18H,7H2,1-2H3,(H,16,19). The van der Waals surface area contributed by atoms with Crippen molar-refractivity contribution in [3.63, 3.8) is 0 Å². The van der Waals surface area contributed by atoms with E-state index >= 15 is 0 Å². The number of amides is 1. The second-order valence-electron chi connectivity index (χ2n) is 4.07. The van der Waals surface area contributed by atoms with Crippen LogP contribution in [0.15, 0.2) is 22.9 Å². The lowest BCUT2D eigenvalue weighted by molar-refractivity contribution is 0.101. The van der Waals surface area contributed by atoms with E-state index in [9.17, 15) is 4.79 Å². The van der Waals surface area contributed by atoms with Gasteiger partial charge in [0.25, 0.3) is 5.91 Å². The molecular weight excluding hydrogens is 258 g/mol. The molecule has 0 aliphatic rings. The molecule has 0 atom stereocenters. The van der Waals surface area contributed by atoms with Crippen LogP contribution in [0.4, 0.5) is 5.88 Å². The molecule has 2 aromatic rings. The highest BCUT2D eigenvalue weighted by atomic mass is 16.5. The topological polar surface area (TPSA) is 88.2 Å². The fourth-order valence-electron chi connectivity index (χ4n) is 1.44. The first-order valence-electron chi connectivity index (χ1n) is 5.92. The Morgan fingerprint density at radius 3 is 2.80 bits per heavy atom. The summed E-state index contributed by atoms with van der Waals surface area (Å²) in [6.07, 6.45) is 1.47. The number of carbonyl (C=O) groups excluding carboxylic acids is 1. The second-order valence-corrected chi connectivity index (χ2v) is 4.07. The summed E-state index contributed by atoms with van der Waals surface area (Å²) in [4.78, 5) is 16.0. The minimum absolute atomic E-state index is 0.216. The second kappa shape index (κ2) is 5.99. The van der Waals surface area contributed by atoms with Gasteiger partial charge in [0.15, 0.2) is 0 Å². The summed E-state index contributed by atoms with van der Waals surface area (Å²) in [6.45, 7) is 3.39. The normalized spacial score (nSPS) is 9.75. The molecule has 0 saturated carbocycles. The largest absolute Gasteiger partial charge is 0.384 e. The molecule has 0 aliphatic carbocycles. The van der Waals surface area contributed by atoms with Crippen LogP contribution < -0.4 is 5.32 Å². The van der Waals surface area contributed by atoms with Crippen LogP contribution in [0.3, 0.4) is 0 Å². The number of aryl methyl sites for hydroxylation is 1. The summed E-state index contributed by atoms with van der Waals surface area (Å²) >= 11 is 0. The van der Waals surface area contributed by atoms with Crippen LogP contribution in [0.5, 0.6) is 0 Å². The van der Waals surface area contributed by atoms with Gasteiger partial charge in [0.1, 0.15) is 12.3 Å². The van der Waals surface area contributed by atoms with E-state index in [0.717, 1.165) is 11.3 Å². The van der Waals surface area contributed by atoms with E-state index in [-0.39, 0.29) is 18.2 Å². The Morgan fingerprint density at radius 2 is 2.25 bits per heavy atom. The number of aromatic nitrogens is 2. The summed E-state index contributed by atoms with van der Waals surface area (Å²) in [5, 5.41) is 14.9. The molecular formula is C14H13N3O3. The summed E-state index contributed by atoms with van der Waals surface area (Å²) in [6, 6.07) is 3.21. The van der Waals surface area contributed by atoms with E-state index in [2.05, 4.69) is 27.3 Å². The monoisotopic (exact) mass is 271 g/mol. The Balaban J connectivity index is 2.11. The SMILES string of the molecule is Cc1noc(NC(=O)c2ccc(C#CCO)cn2)c1C. The number of anilines is 1. The fraction of sp³-hybridized carbons (Fsp3) is 0.214. The summed E-state index contributed by atoms with van der Waals surface area (Å²) in [7, 11) is 0. The molecule has 1 amide bonds. The third kappa shape index (κ3) is 3.02. The molecule has 0 aliphatic heterocycles. The highest BCUT2D eigenvalue weighted by Crippen LogP contribution is 2.17. The maximum Gasteiger partial charge on any atom is 0.276 e. The van der Waals surface area contributed by atoms with Crippen LogP contribution in [0.1, 0.15) is 27.3 Å². The Morgan fingerprint density at radius 1 is 1.45 bits per heavy atom. The van der Waals surface area contributed by atoms with Crippen LogP contribution >= 0.6 is 0 Å². The molecule has 0 aromatic carbocycles. The molecule has 0 bridgehead atoms. The number of rotatable bonds is 2. The van der Waals surface area contributed by atoms with Crippen LogP contribution in [-0.2, 0) is 0 Å². The van der Waals surface area contributed by atoms with E-state index in [1.807, 2.05) is 6.92 Å². The Kier molecular flexibility index (Phi) is 4.13. The number of nitrogens with zero attached hydrogens (tertiary/aromatic N) is 2. The van der Waals surface area contributed by atoms with Gasteiger partial charge >= 0.3 is 0 Å². The van der Waals surface area contributed by atoms with Gasteiger partial charge in [-0.2, -0.15) is 0 Å². The minimum Gasteiger partial charge on any atom is -0.384 e. The van der Waals surface area contributed by atoms with Gasteiger partial charge in [0.05, 0.1) is 5.69 Å². The molecule has 0 spiro atoms. The van der Waals surface area contributed by atoms with E-state index in [0.29, 0.717) is 11.4 Å². The molecule has 0 unspecified atom stereocenters. The van der Waals surface area contributed by atoms with Crippen molar-refractivity contribution in [2.75, 3.05) is 11.9 Å². The average molecular weight is 271 g/mol. The van der Waals surface area contributed by atoms with Crippen molar-refractivity contribution >= 4 is 11.8 Å². The van der Waals surface area contributed by atoms with Gasteiger partial charge in [-0.1, -0.05) is 17.0 Å². The lowest BCUT2D eigenvalue weighted by atomic mass is 10.2. The predicted molar refractivity (Wildman–Crippen MR) is 72.1 cm³/mol. The molecule has 0 radical (unpaired) electrons. The Labute approximate surface area is 115 Å². The first-order valence-corrected chi connectivity index (χ1v) is 5.92. The average Bonchev–Trinajstić information content (AvgIpc) is 2.77. The number of nitrogens with one attached hydrogen (secondary N) is 1. The molecule has 6 nitrogen and oxygen atoms in total. The number of aliphatic hydroxyl groups excluding tert-OH is 1. The lowest BCUT2D eigenvalue weighted by Crippen LogP contribution is -2.13. The highest BCUT2D eigenvalue weighted by Gasteiger charge is 2.13. The van der Waals surface area contributed by atoms with Crippen molar-refractivity contribution < 1.29 is 14.4 Å². The van der Waals surface area contributed by atoms with Gasteiger partial charge in [-0.05, 0) is 26.0 Å². The first-order chi connectivity index (χ1) is 9.61. The maximum atomic E-state index is 12.0. The van der Waals surface area contributed by atoms with Crippen molar-refractivity contribution in [1.29, 1.82) is 0 Å². The molecule has 20 heavy (non-hydrogen) atoms. The highest BCUT2D eigenvalue weighted by molar-refractivity contribution is 6.02. The first kappa shape index (κ1) is 13.8. The molecule has 102 valence electrons. The van der Waals surface area contributed by atoms with Crippen molar-refractivity contribution in [2.24, 2.45) is 0 Å². The van der Waals surface area contributed by atoms with E-state index in [4.69, 9.17) is 9.63 Å². The van der Waals surface area contributed by atoms with Crippen molar-refractivity contribution in [3.05, 3.63) is 40.8 Å². The maximum absolute atomic E-state index is 12.0. The Hall–Kier alpha value is -2.65. The van der Waals surface area contributed by atoms with E-state index in [1.54, 1.807) is 19.1 Å². The van der Waals surface area contributed by atoms with Crippen LogP contribution in [0.2, 0.25) is 0 Å². The Bertz CT molecular complexity index is 678. The molecule has 0 fully saturated rings. The van der Waals surface area contributed by atoms with Crippen molar-refractivity contribution in [1.82, 2.24) is 10.1 Å². The summed E-state index contributed by atoms with van der Waals surface area (Å²) < 4.78 is 5.00. The zero-order valence-electron chi connectivity index (χ0n) is 11.1. The zero-order chi connectivity index (χ0) is 14.5. The number of carbonyl (C=O) groups is 1. The van der Waals surface area contributed by atoms with E-state index < -0.39 is 0 Å². The number of hydrogen-bond acceptors (Lipinski definition) is 5. The summed E-state index contributed by atoms with van der Waals surface area (Å²) in [5.41, 5.74) is 2.38. The third-order valence-electron chi connectivity index (χ3n) is 2.69. The van der Waals surface area contributed by atoms with Gasteiger partial charge in [-0.15, -0.1) is 0 Å². The van der Waals surface area contributed by atoms with E-state index in [1.165, 1.54) is 6.20 Å². The van der Waals surface area contributed by atoms with Gasteiger partial charge in [0, 0.05) is 17.3 Å². The smallest absolute Gasteiger partial charge is 0.276 e. The van der Waals surface area contributed by atoms with Gasteiger partial charge in [0.2, 0.25) is 5.88 Å². The minimum atomic E-state index is -0.383. The number of hydrogen-bond donors (Lipinski definition) is 2. The van der Waals surface area contributed by atoms with Crippen LogP contribution in [-0.4, -0.2) is 27.8 Å². The van der Waals surface area contributed by atoms with Gasteiger partial charge in [-0.25, -0.2) is 4.98 Å². The molecule has 0 saturated heterocycles. The summed E-state index contributed by atoms with van der Waals surface area (Å²) in [5.74, 6) is 5.14. The fourth-order valence-corrected chi connectivity index (χ4v) is 1.44. The number of aliphatic hydroxyl groups is 1. The van der Waals surface area contributed by atoms with Gasteiger partial charge in [-0.3, -0.25) is 10.1 Å². The molecule has 2 rings (SSSR count). The third-order valence-corrected chi connectivity index (χ3v) is 2.69.